The number of rotatable bonds is 2. The van der Waals surface area contributed by atoms with E-state index in [-0.39, 0.29) is 12.0 Å². The second kappa shape index (κ2) is 3.30. The summed E-state index contributed by atoms with van der Waals surface area (Å²) in [5.41, 5.74) is 0. The van der Waals surface area contributed by atoms with E-state index in [4.69, 9.17) is 22.8 Å². The molecule has 1 aliphatic rings. The molecule has 0 amide bonds. The molecule has 0 saturated carbocycles. The normalized spacial score (nSPS) is 35.0. The molecule has 0 aromatic rings. The van der Waals surface area contributed by atoms with Crippen LogP contribution in [0.25, 0.3) is 0 Å². The summed E-state index contributed by atoms with van der Waals surface area (Å²) in [6, 6.07) is 0. The third kappa shape index (κ3) is 1.52. The topological polar surface area (TPSA) is 18.5 Å². The minimum atomic E-state index is -1.06. The average molecular weight is 164 g/mol. The van der Waals surface area contributed by atoms with Crippen molar-refractivity contribution in [1.29, 1.82) is 0 Å². The van der Waals surface area contributed by atoms with Gasteiger partial charge in [0.2, 0.25) is 0 Å². The van der Waals surface area contributed by atoms with Crippen molar-refractivity contribution in [2.45, 2.75) is 18.8 Å². The molecule has 3 atom stereocenters. The number of hydrogen-bond donors (Lipinski definition) is 0. The first kappa shape index (κ1) is 9.31. The summed E-state index contributed by atoms with van der Waals surface area (Å²) in [6.07, 6.45) is 6.56. The highest BCUT2D eigenvalue weighted by atomic mass is 16.7. The van der Waals surface area contributed by atoms with E-state index in [1.165, 1.54) is 6.08 Å². The Morgan fingerprint density at radius 3 is 2.75 bits per heavy atom. The van der Waals surface area contributed by atoms with Crippen LogP contribution in [0.4, 0.5) is 0 Å². The molecular formula is C10H12O2. The van der Waals surface area contributed by atoms with Crippen LogP contribution in [0.5, 0.6) is 0 Å². The van der Waals surface area contributed by atoms with E-state index in [0.717, 1.165) is 0 Å². The smallest absolute Gasteiger partial charge is 0.254 e. The Balaban J connectivity index is 2.66. The van der Waals surface area contributed by atoms with Crippen molar-refractivity contribution in [3.8, 4) is 12.3 Å². The molecule has 0 N–H and O–H groups in total. The Kier molecular flexibility index (Phi) is 2.56. The highest BCUT2D eigenvalue weighted by molar-refractivity contribution is 5.14. The van der Waals surface area contributed by atoms with E-state index in [2.05, 4.69) is 12.5 Å². The molecule has 1 fully saturated rings. The lowest BCUT2D eigenvalue weighted by Gasteiger charge is -2.18. The molecule has 0 bridgehead atoms. The largest absolute Gasteiger partial charge is 0.334 e. The molecule has 0 aromatic heterocycles. The standard InChI is InChI=1S/C10H12O2/c1-5-10(6-2)11-7-9(12-10)8(3)4/h1,3,6,8-9H,2,7H2,4H3. The van der Waals surface area contributed by atoms with Gasteiger partial charge < -0.3 is 9.47 Å². The predicted molar refractivity (Wildman–Crippen MR) is 46.1 cm³/mol. The first-order chi connectivity index (χ1) is 5.63. The van der Waals surface area contributed by atoms with E-state index in [0.29, 0.717) is 6.61 Å². The Morgan fingerprint density at radius 2 is 2.50 bits per heavy atom. The Labute approximate surface area is 73.6 Å². The highest BCUT2D eigenvalue weighted by Crippen LogP contribution is 2.27. The lowest BCUT2D eigenvalue weighted by atomic mass is 10.1. The van der Waals surface area contributed by atoms with Crippen LogP contribution in [0.3, 0.4) is 0 Å². The van der Waals surface area contributed by atoms with Crippen LogP contribution in [0.2, 0.25) is 0 Å². The Morgan fingerprint density at radius 1 is 1.83 bits per heavy atom. The zero-order chi connectivity index (χ0) is 9.19. The summed E-state index contributed by atoms with van der Waals surface area (Å²) >= 11 is 0. The second-order valence-electron chi connectivity index (χ2n) is 2.84. The molecule has 2 heteroatoms. The summed E-state index contributed by atoms with van der Waals surface area (Å²) in [5, 5.41) is 0. The number of terminal acetylenes is 1. The quantitative estimate of drug-likeness (QED) is 0.452. The van der Waals surface area contributed by atoms with Crippen LogP contribution < -0.4 is 0 Å². The van der Waals surface area contributed by atoms with E-state index >= 15 is 0 Å². The van der Waals surface area contributed by atoms with Gasteiger partial charge in [0.25, 0.3) is 5.79 Å². The van der Waals surface area contributed by atoms with Gasteiger partial charge in [-0.25, -0.2) is 0 Å². The number of hydrogen-bond acceptors (Lipinski definition) is 2. The van der Waals surface area contributed by atoms with Crippen molar-refractivity contribution in [3.05, 3.63) is 19.6 Å². The summed E-state index contributed by atoms with van der Waals surface area (Å²) < 4.78 is 10.7. The molecule has 3 unspecified atom stereocenters. The summed E-state index contributed by atoms with van der Waals surface area (Å²) in [6.45, 7) is 11.4. The third-order valence-electron chi connectivity index (χ3n) is 1.84. The SMILES string of the molecule is [CH]C(C)C1COC(C#C)(C=C)O1. The molecule has 1 saturated heterocycles. The molecular weight excluding hydrogens is 152 g/mol. The molecule has 2 nitrogen and oxygen atoms in total. The van der Waals surface area contributed by atoms with Crippen LogP contribution in [0.1, 0.15) is 6.92 Å². The molecule has 1 rings (SSSR count). The molecule has 64 valence electrons. The predicted octanol–water partition coefficient (Wildman–Crippen LogP) is 1.26. The van der Waals surface area contributed by atoms with Gasteiger partial charge in [0.15, 0.2) is 0 Å². The van der Waals surface area contributed by atoms with Gasteiger partial charge in [-0.05, 0) is 24.8 Å². The fourth-order valence-corrected chi connectivity index (χ4v) is 1.000. The molecule has 12 heavy (non-hydrogen) atoms. The van der Waals surface area contributed by atoms with Crippen LogP contribution in [-0.2, 0) is 9.47 Å². The van der Waals surface area contributed by atoms with Gasteiger partial charge in [-0.1, -0.05) is 13.5 Å². The van der Waals surface area contributed by atoms with Crippen molar-refractivity contribution in [1.82, 2.24) is 0 Å². The lowest BCUT2D eigenvalue weighted by molar-refractivity contribution is -0.0851. The molecule has 0 aromatic carbocycles. The minimum absolute atomic E-state index is 0.0832. The zero-order valence-corrected chi connectivity index (χ0v) is 7.12. The van der Waals surface area contributed by atoms with Crippen molar-refractivity contribution in [3.63, 3.8) is 0 Å². The van der Waals surface area contributed by atoms with Gasteiger partial charge in [0.05, 0.1) is 12.7 Å². The van der Waals surface area contributed by atoms with Gasteiger partial charge >= 0.3 is 0 Å². The maximum atomic E-state index is 5.62. The van der Waals surface area contributed by atoms with Gasteiger partial charge in [-0.3, -0.25) is 0 Å². The minimum Gasteiger partial charge on any atom is -0.334 e. The molecule has 0 aliphatic carbocycles. The zero-order valence-electron chi connectivity index (χ0n) is 7.12. The first-order valence-corrected chi connectivity index (χ1v) is 3.82. The van der Waals surface area contributed by atoms with Gasteiger partial charge in [-0.2, -0.15) is 0 Å². The van der Waals surface area contributed by atoms with Crippen LogP contribution in [0.15, 0.2) is 12.7 Å². The summed E-state index contributed by atoms with van der Waals surface area (Å²) in [5.74, 6) is 1.25. The molecule has 1 heterocycles. The lowest BCUT2D eigenvalue weighted by Crippen LogP contribution is -2.27. The second-order valence-corrected chi connectivity index (χ2v) is 2.84. The maximum absolute atomic E-state index is 5.62. The Hall–Kier alpha value is -0.780. The van der Waals surface area contributed by atoms with Crippen LogP contribution in [0, 0.1) is 25.2 Å². The third-order valence-corrected chi connectivity index (χ3v) is 1.84. The van der Waals surface area contributed by atoms with Gasteiger partial charge in [0, 0.05) is 0 Å². The molecule has 0 spiro atoms. The van der Waals surface area contributed by atoms with Crippen molar-refractivity contribution in [2.75, 3.05) is 6.61 Å². The van der Waals surface area contributed by atoms with Gasteiger partial charge in [-0.15, -0.1) is 6.42 Å². The fourth-order valence-electron chi connectivity index (χ4n) is 1.000. The van der Waals surface area contributed by atoms with Crippen LogP contribution in [-0.4, -0.2) is 18.5 Å². The number of ether oxygens (including phenoxy) is 2. The monoisotopic (exact) mass is 164 g/mol. The maximum Gasteiger partial charge on any atom is 0.254 e. The van der Waals surface area contributed by atoms with E-state index in [1.807, 2.05) is 6.92 Å². The van der Waals surface area contributed by atoms with E-state index in [1.54, 1.807) is 0 Å². The average Bonchev–Trinajstić information content (AvgIpc) is 2.49. The van der Waals surface area contributed by atoms with Gasteiger partial charge in [0.1, 0.15) is 0 Å². The molecule has 2 radical (unpaired) electrons. The highest BCUT2D eigenvalue weighted by Gasteiger charge is 2.38. The van der Waals surface area contributed by atoms with E-state index < -0.39 is 5.79 Å². The fraction of sp³-hybridized carbons (Fsp3) is 0.500. The van der Waals surface area contributed by atoms with Crippen molar-refractivity contribution >= 4 is 0 Å². The van der Waals surface area contributed by atoms with Crippen molar-refractivity contribution < 1.29 is 9.47 Å². The first-order valence-electron chi connectivity index (χ1n) is 3.82. The molecule has 1 aliphatic heterocycles. The Bertz CT molecular complexity index is 214. The van der Waals surface area contributed by atoms with Crippen molar-refractivity contribution in [2.24, 2.45) is 5.92 Å². The van der Waals surface area contributed by atoms with Crippen LogP contribution >= 0.6 is 0 Å². The van der Waals surface area contributed by atoms with E-state index in [9.17, 15) is 0 Å². The summed E-state index contributed by atoms with van der Waals surface area (Å²) in [4.78, 5) is 0. The summed E-state index contributed by atoms with van der Waals surface area (Å²) in [7, 11) is 0.